The lowest BCUT2D eigenvalue weighted by atomic mass is 9.96. The fraction of sp³-hybridized carbons (Fsp3) is 0.917. The maximum Gasteiger partial charge on any atom is 0.221 e. The van der Waals surface area contributed by atoms with Gasteiger partial charge in [-0.25, -0.2) is 0 Å². The minimum Gasteiger partial charge on any atom is -0.369 e. The van der Waals surface area contributed by atoms with Crippen molar-refractivity contribution in [2.24, 2.45) is 11.7 Å². The molecule has 0 rings (SSSR count). The first-order chi connectivity index (χ1) is 13.6. The predicted octanol–water partition coefficient (Wildman–Crippen LogP) is 6.27. The predicted molar refractivity (Wildman–Crippen MR) is 120 cm³/mol. The van der Waals surface area contributed by atoms with E-state index in [-0.39, 0.29) is 24.2 Å². The van der Waals surface area contributed by atoms with Crippen molar-refractivity contribution in [1.82, 2.24) is 5.32 Å². The molecule has 2 amide bonds. The van der Waals surface area contributed by atoms with E-state index in [1.807, 2.05) is 0 Å². The number of nitrogens with one attached hydrogen (secondary N) is 1. The van der Waals surface area contributed by atoms with Crippen LogP contribution in [0.25, 0.3) is 0 Å². The molecule has 0 fully saturated rings. The lowest BCUT2D eigenvalue weighted by Gasteiger charge is -2.13. The molecule has 0 heterocycles. The van der Waals surface area contributed by atoms with E-state index in [0.29, 0.717) is 0 Å². The molecule has 0 aromatic heterocycles. The molecule has 28 heavy (non-hydrogen) atoms. The van der Waals surface area contributed by atoms with Crippen LogP contribution in [0.15, 0.2) is 0 Å². The molecule has 0 radical (unpaired) electrons. The van der Waals surface area contributed by atoms with Crippen LogP contribution in [0.1, 0.15) is 129 Å². The number of carbonyl (C=O) groups is 2. The van der Waals surface area contributed by atoms with Crippen molar-refractivity contribution in [3.05, 3.63) is 0 Å². The highest BCUT2D eigenvalue weighted by molar-refractivity contribution is 5.84. The van der Waals surface area contributed by atoms with Gasteiger partial charge in [-0.1, -0.05) is 110 Å². The van der Waals surface area contributed by atoms with E-state index < -0.39 is 0 Å². The van der Waals surface area contributed by atoms with E-state index in [1.54, 1.807) is 0 Å². The monoisotopic (exact) mass is 396 g/mol. The van der Waals surface area contributed by atoms with Gasteiger partial charge in [0.05, 0.1) is 0 Å². The van der Waals surface area contributed by atoms with Crippen LogP contribution in [0.3, 0.4) is 0 Å². The van der Waals surface area contributed by atoms with E-state index in [1.165, 1.54) is 83.5 Å². The van der Waals surface area contributed by atoms with Gasteiger partial charge in [0.15, 0.2) is 0 Å². The van der Waals surface area contributed by atoms with E-state index in [0.717, 1.165) is 32.2 Å². The zero-order chi connectivity index (χ0) is 20.9. The minimum atomic E-state index is -0.331. The van der Waals surface area contributed by atoms with Gasteiger partial charge in [0.2, 0.25) is 11.8 Å². The number of primary amides is 1. The van der Waals surface area contributed by atoms with Gasteiger partial charge in [-0.05, 0) is 12.8 Å². The summed E-state index contributed by atoms with van der Waals surface area (Å²) in [6, 6.07) is 0. The molecule has 0 aliphatic heterocycles. The maximum absolute atomic E-state index is 12.1. The molecular formula is C24H48N2O2. The number of rotatable bonds is 21. The summed E-state index contributed by atoms with van der Waals surface area (Å²) in [5.41, 5.74) is 5.49. The molecule has 0 aromatic rings. The number of amides is 2. The van der Waals surface area contributed by atoms with Crippen LogP contribution in [-0.4, -0.2) is 18.4 Å². The SMILES string of the molecule is CCCCCCCCCCCCNC(=O)CC(CCCCCCCC)C(N)=O. The molecular weight excluding hydrogens is 348 g/mol. The Morgan fingerprint density at radius 1 is 0.679 bits per heavy atom. The van der Waals surface area contributed by atoms with Crippen LogP contribution >= 0.6 is 0 Å². The Morgan fingerprint density at radius 3 is 1.57 bits per heavy atom. The number of hydrogen-bond donors (Lipinski definition) is 2. The summed E-state index contributed by atoms with van der Waals surface area (Å²) in [5, 5.41) is 2.96. The van der Waals surface area contributed by atoms with E-state index >= 15 is 0 Å². The summed E-state index contributed by atoms with van der Waals surface area (Å²) in [5.74, 6) is -0.660. The zero-order valence-electron chi connectivity index (χ0n) is 18.9. The quantitative estimate of drug-likeness (QED) is 0.225. The van der Waals surface area contributed by atoms with Gasteiger partial charge in [-0.2, -0.15) is 0 Å². The summed E-state index contributed by atoms with van der Waals surface area (Å²) < 4.78 is 0. The largest absolute Gasteiger partial charge is 0.369 e. The second-order valence-corrected chi connectivity index (χ2v) is 8.39. The van der Waals surface area contributed by atoms with Gasteiger partial charge >= 0.3 is 0 Å². The van der Waals surface area contributed by atoms with Crippen molar-refractivity contribution in [1.29, 1.82) is 0 Å². The van der Waals surface area contributed by atoms with Crippen LogP contribution in [0, 0.1) is 5.92 Å². The number of hydrogen-bond acceptors (Lipinski definition) is 2. The zero-order valence-corrected chi connectivity index (χ0v) is 18.9. The topological polar surface area (TPSA) is 72.2 Å². The van der Waals surface area contributed by atoms with Gasteiger partial charge < -0.3 is 11.1 Å². The summed E-state index contributed by atoms with van der Waals surface area (Å²) in [4.78, 5) is 23.7. The van der Waals surface area contributed by atoms with Crippen molar-refractivity contribution in [2.75, 3.05) is 6.54 Å². The highest BCUT2D eigenvalue weighted by Gasteiger charge is 2.18. The molecule has 0 bridgehead atoms. The van der Waals surface area contributed by atoms with Crippen molar-refractivity contribution < 1.29 is 9.59 Å². The highest BCUT2D eigenvalue weighted by Crippen LogP contribution is 2.15. The number of carbonyl (C=O) groups excluding carboxylic acids is 2. The summed E-state index contributed by atoms with van der Waals surface area (Å²) >= 11 is 0. The Kier molecular flexibility index (Phi) is 19.9. The molecule has 4 heteroatoms. The lowest BCUT2D eigenvalue weighted by Crippen LogP contribution is -2.32. The van der Waals surface area contributed by atoms with Crippen LogP contribution in [0.4, 0.5) is 0 Å². The molecule has 0 aliphatic rings. The van der Waals surface area contributed by atoms with Crippen molar-refractivity contribution in [3.63, 3.8) is 0 Å². The van der Waals surface area contributed by atoms with E-state index in [9.17, 15) is 9.59 Å². The fourth-order valence-corrected chi connectivity index (χ4v) is 3.65. The Hall–Kier alpha value is -1.06. The number of nitrogens with two attached hydrogens (primary N) is 1. The molecule has 1 atom stereocenters. The molecule has 4 nitrogen and oxygen atoms in total. The number of unbranched alkanes of at least 4 members (excludes halogenated alkanes) is 14. The van der Waals surface area contributed by atoms with E-state index in [4.69, 9.17) is 5.73 Å². The lowest BCUT2D eigenvalue weighted by molar-refractivity contribution is -0.128. The first-order valence-corrected chi connectivity index (χ1v) is 12.2. The Bertz CT molecular complexity index is 372. The highest BCUT2D eigenvalue weighted by atomic mass is 16.2. The summed E-state index contributed by atoms with van der Waals surface area (Å²) in [6.45, 7) is 5.18. The van der Waals surface area contributed by atoms with Gasteiger partial charge in [0.25, 0.3) is 0 Å². The van der Waals surface area contributed by atoms with Crippen LogP contribution < -0.4 is 11.1 Å². The maximum atomic E-state index is 12.1. The third-order valence-corrected chi connectivity index (χ3v) is 5.59. The molecule has 0 spiro atoms. The smallest absolute Gasteiger partial charge is 0.221 e. The Labute approximate surface area is 174 Å². The van der Waals surface area contributed by atoms with Crippen LogP contribution in [0.2, 0.25) is 0 Å². The first kappa shape index (κ1) is 26.9. The second-order valence-electron chi connectivity index (χ2n) is 8.39. The average molecular weight is 397 g/mol. The summed E-state index contributed by atoms with van der Waals surface area (Å²) in [6.07, 6.45) is 21.0. The second kappa shape index (κ2) is 20.7. The molecule has 0 aromatic carbocycles. The third kappa shape index (κ3) is 18.3. The normalized spacial score (nSPS) is 12.1. The summed E-state index contributed by atoms with van der Waals surface area (Å²) in [7, 11) is 0. The van der Waals surface area contributed by atoms with Crippen LogP contribution in [0.5, 0.6) is 0 Å². The molecule has 0 saturated carbocycles. The van der Waals surface area contributed by atoms with Crippen molar-refractivity contribution in [3.8, 4) is 0 Å². The Morgan fingerprint density at radius 2 is 1.11 bits per heavy atom. The first-order valence-electron chi connectivity index (χ1n) is 12.2. The molecule has 0 aliphatic carbocycles. The van der Waals surface area contributed by atoms with Crippen molar-refractivity contribution in [2.45, 2.75) is 129 Å². The minimum absolute atomic E-state index is 0.0225. The molecule has 0 saturated heterocycles. The fourth-order valence-electron chi connectivity index (χ4n) is 3.65. The standard InChI is InChI=1S/C24H48N2O2/c1-3-5-7-9-11-12-13-14-16-18-20-26-23(27)21-22(24(25)28)19-17-15-10-8-6-4-2/h22H,3-21H2,1-2H3,(H2,25,28)(H,26,27). The molecule has 3 N–H and O–H groups in total. The van der Waals surface area contributed by atoms with Crippen molar-refractivity contribution >= 4 is 11.8 Å². The average Bonchev–Trinajstić information content (AvgIpc) is 2.67. The van der Waals surface area contributed by atoms with E-state index in [2.05, 4.69) is 19.2 Å². The van der Waals surface area contributed by atoms with Crippen LogP contribution in [-0.2, 0) is 9.59 Å². The Balaban J connectivity index is 3.61. The van der Waals surface area contributed by atoms with Gasteiger partial charge in [-0.3, -0.25) is 9.59 Å². The third-order valence-electron chi connectivity index (χ3n) is 5.59. The van der Waals surface area contributed by atoms with Gasteiger partial charge in [-0.15, -0.1) is 0 Å². The van der Waals surface area contributed by atoms with Gasteiger partial charge in [0, 0.05) is 18.9 Å². The molecule has 166 valence electrons. The molecule has 1 unspecified atom stereocenters. The van der Waals surface area contributed by atoms with Gasteiger partial charge in [0.1, 0.15) is 0 Å².